The van der Waals surface area contributed by atoms with Crippen molar-refractivity contribution in [2.24, 2.45) is 10.6 Å². The summed E-state index contributed by atoms with van der Waals surface area (Å²) in [7, 11) is -3.48. The third-order valence-electron chi connectivity index (χ3n) is 5.22. The quantitative estimate of drug-likeness (QED) is 0.916. The molecule has 1 spiro atoms. The van der Waals surface area contributed by atoms with Crippen LogP contribution in [0.5, 0.6) is 0 Å². The first-order chi connectivity index (χ1) is 11.4. The molecule has 1 fully saturated rings. The number of sulfonamides is 1. The highest BCUT2D eigenvalue weighted by molar-refractivity contribution is 7.88. The van der Waals surface area contributed by atoms with Crippen LogP contribution < -0.4 is 5.14 Å². The van der Waals surface area contributed by atoms with Crippen molar-refractivity contribution in [2.75, 3.05) is 0 Å². The zero-order valence-corrected chi connectivity index (χ0v) is 14.4. The van der Waals surface area contributed by atoms with Crippen LogP contribution in [0.25, 0.3) is 11.1 Å². The van der Waals surface area contributed by atoms with Gasteiger partial charge in [-0.2, -0.15) is 0 Å². The van der Waals surface area contributed by atoms with Crippen LogP contribution in [-0.2, 0) is 15.8 Å². The van der Waals surface area contributed by atoms with E-state index in [1.807, 2.05) is 30.3 Å². The predicted molar refractivity (Wildman–Crippen MR) is 97.4 cm³/mol. The van der Waals surface area contributed by atoms with Gasteiger partial charge in [0.1, 0.15) is 0 Å². The molecular formula is C20H21NO2S. The lowest BCUT2D eigenvalue weighted by atomic mass is 9.96. The molecule has 0 aromatic heterocycles. The third-order valence-corrected chi connectivity index (χ3v) is 5.95. The Bertz CT molecular complexity index is 892. The highest BCUT2D eigenvalue weighted by atomic mass is 32.2. The van der Waals surface area contributed by atoms with E-state index in [9.17, 15) is 8.42 Å². The van der Waals surface area contributed by atoms with Gasteiger partial charge in [-0.3, -0.25) is 0 Å². The molecule has 0 atom stereocenters. The molecule has 0 saturated heterocycles. The van der Waals surface area contributed by atoms with E-state index in [1.54, 1.807) is 0 Å². The summed E-state index contributed by atoms with van der Waals surface area (Å²) in [6.07, 6.45) is 4.92. The molecule has 0 amide bonds. The molecule has 3 nitrogen and oxygen atoms in total. The van der Waals surface area contributed by atoms with Gasteiger partial charge >= 0.3 is 0 Å². The zero-order valence-electron chi connectivity index (χ0n) is 13.5. The summed E-state index contributed by atoms with van der Waals surface area (Å²) in [4.78, 5) is 0. The van der Waals surface area contributed by atoms with Crippen LogP contribution in [0.1, 0.15) is 42.4 Å². The van der Waals surface area contributed by atoms with Crippen LogP contribution >= 0.6 is 0 Å². The Kier molecular flexibility index (Phi) is 3.62. The van der Waals surface area contributed by atoms with Gasteiger partial charge in [-0.15, -0.1) is 0 Å². The van der Waals surface area contributed by atoms with E-state index in [1.165, 1.54) is 35.1 Å². The molecular weight excluding hydrogens is 318 g/mol. The van der Waals surface area contributed by atoms with E-state index in [0.717, 1.165) is 18.4 Å². The van der Waals surface area contributed by atoms with Gasteiger partial charge in [0.2, 0.25) is 10.0 Å². The minimum atomic E-state index is -3.48. The fourth-order valence-corrected chi connectivity index (χ4v) is 4.44. The van der Waals surface area contributed by atoms with Crippen molar-refractivity contribution in [3.63, 3.8) is 0 Å². The molecule has 2 aromatic carbocycles. The fraction of sp³-hybridized carbons (Fsp3) is 0.300. The second-order valence-electron chi connectivity index (χ2n) is 7.18. The Morgan fingerprint density at radius 3 is 1.88 bits per heavy atom. The molecule has 2 aliphatic carbocycles. The van der Waals surface area contributed by atoms with Crippen molar-refractivity contribution < 1.29 is 8.42 Å². The molecule has 2 aliphatic rings. The first-order valence-electron chi connectivity index (χ1n) is 8.31. The number of primary sulfonamides is 1. The lowest BCUT2D eigenvalue weighted by molar-refractivity contribution is 0.568. The molecule has 0 bridgehead atoms. The van der Waals surface area contributed by atoms with Crippen LogP contribution in [0.2, 0.25) is 0 Å². The zero-order chi connectivity index (χ0) is 16.8. The van der Waals surface area contributed by atoms with Crippen LogP contribution in [0.3, 0.4) is 0 Å². The second-order valence-corrected chi connectivity index (χ2v) is 8.80. The molecule has 4 heteroatoms. The first-order valence-corrected chi connectivity index (χ1v) is 10.0. The number of allylic oxidation sites excluding steroid dienone is 2. The molecule has 124 valence electrons. The Labute approximate surface area is 143 Å². The largest absolute Gasteiger partial charge is 0.228 e. The van der Waals surface area contributed by atoms with E-state index < -0.39 is 10.0 Å². The van der Waals surface area contributed by atoms with Crippen LogP contribution in [0.4, 0.5) is 0 Å². The van der Waals surface area contributed by atoms with Gasteiger partial charge in [0.25, 0.3) is 0 Å². The number of benzene rings is 2. The minimum absolute atomic E-state index is 0.109. The minimum Gasteiger partial charge on any atom is -0.228 e. The Hall–Kier alpha value is -1.91. The number of rotatable bonds is 4. The number of hydrogen-bond acceptors (Lipinski definition) is 2. The van der Waals surface area contributed by atoms with E-state index in [4.69, 9.17) is 5.14 Å². The normalized spacial score (nSPS) is 19.0. The van der Waals surface area contributed by atoms with Gasteiger partial charge in [0.15, 0.2) is 0 Å². The van der Waals surface area contributed by atoms with Crippen molar-refractivity contribution in [1.82, 2.24) is 0 Å². The van der Waals surface area contributed by atoms with Crippen molar-refractivity contribution in [1.29, 1.82) is 0 Å². The summed E-state index contributed by atoms with van der Waals surface area (Å²) < 4.78 is 22.5. The Morgan fingerprint density at radius 1 is 0.833 bits per heavy atom. The fourth-order valence-electron chi connectivity index (χ4n) is 3.78. The molecule has 0 radical (unpaired) electrons. The number of nitrogens with two attached hydrogens (primary N) is 1. The Balaban J connectivity index is 1.70. The highest BCUT2D eigenvalue weighted by Crippen LogP contribution is 2.63. The van der Waals surface area contributed by atoms with Crippen molar-refractivity contribution in [3.05, 3.63) is 71.3 Å². The van der Waals surface area contributed by atoms with Crippen molar-refractivity contribution in [2.45, 2.75) is 31.4 Å². The summed E-state index contributed by atoms with van der Waals surface area (Å²) in [6.45, 7) is 0. The summed E-state index contributed by atoms with van der Waals surface area (Å²) >= 11 is 0. The standard InChI is InChI=1S/C20H21NO2S/c21-24(22,23)14-15-6-8-17(9-7-15)19-13-20(10-11-20)12-18(19)16-4-2-1-3-5-16/h1-9H,10-14H2,(H2,21,22,23). The summed E-state index contributed by atoms with van der Waals surface area (Å²) in [5.41, 5.74) is 6.61. The van der Waals surface area contributed by atoms with Gasteiger partial charge in [0.05, 0.1) is 5.75 Å². The van der Waals surface area contributed by atoms with E-state index in [-0.39, 0.29) is 5.75 Å². The highest BCUT2D eigenvalue weighted by Gasteiger charge is 2.48. The topological polar surface area (TPSA) is 60.2 Å². The molecule has 0 unspecified atom stereocenters. The maximum atomic E-state index is 11.2. The third kappa shape index (κ3) is 3.17. The first kappa shape index (κ1) is 15.6. The average molecular weight is 339 g/mol. The van der Waals surface area contributed by atoms with E-state index >= 15 is 0 Å². The lowest BCUT2D eigenvalue weighted by Gasteiger charge is -2.09. The lowest BCUT2D eigenvalue weighted by Crippen LogP contribution is -2.14. The van der Waals surface area contributed by atoms with E-state index in [2.05, 4.69) is 24.3 Å². The molecule has 0 aliphatic heterocycles. The number of hydrogen-bond donors (Lipinski definition) is 1. The Morgan fingerprint density at radius 2 is 1.38 bits per heavy atom. The summed E-state index contributed by atoms with van der Waals surface area (Å²) in [5, 5.41) is 5.13. The molecule has 24 heavy (non-hydrogen) atoms. The van der Waals surface area contributed by atoms with Crippen LogP contribution in [-0.4, -0.2) is 8.42 Å². The SMILES string of the molecule is NS(=O)(=O)Cc1ccc(C2=C(c3ccccc3)CC3(CC3)C2)cc1. The molecule has 2 aromatic rings. The maximum absolute atomic E-state index is 11.2. The monoisotopic (exact) mass is 339 g/mol. The smallest absolute Gasteiger partial charge is 0.213 e. The van der Waals surface area contributed by atoms with Gasteiger partial charge in [-0.05, 0) is 58.9 Å². The van der Waals surface area contributed by atoms with Crippen LogP contribution in [0.15, 0.2) is 54.6 Å². The summed E-state index contributed by atoms with van der Waals surface area (Å²) in [6, 6.07) is 18.5. The molecule has 1 saturated carbocycles. The average Bonchev–Trinajstić information content (AvgIpc) is 3.19. The van der Waals surface area contributed by atoms with Crippen molar-refractivity contribution >= 4 is 21.2 Å². The van der Waals surface area contributed by atoms with Gasteiger partial charge < -0.3 is 0 Å². The van der Waals surface area contributed by atoms with Gasteiger partial charge in [-0.1, -0.05) is 54.6 Å². The molecule has 4 rings (SSSR count). The molecule has 0 heterocycles. The summed E-state index contributed by atoms with van der Waals surface area (Å²) in [5.74, 6) is -0.109. The van der Waals surface area contributed by atoms with Crippen LogP contribution in [0, 0.1) is 5.41 Å². The second kappa shape index (κ2) is 5.57. The van der Waals surface area contributed by atoms with Gasteiger partial charge in [-0.25, -0.2) is 13.6 Å². The van der Waals surface area contributed by atoms with Gasteiger partial charge in [0, 0.05) is 0 Å². The van der Waals surface area contributed by atoms with E-state index in [0.29, 0.717) is 5.41 Å². The predicted octanol–water partition coefficient (Wildman–Crippen LogP) is 3.96. The molecule has 2 N–H and O–H groups in total. The van der Waals surface area contributed by atoms with Crippen molar-refractivity contribution in [3.8, 4) is 0 Å². The maximum Gasteiger partial charge on any atom is 0.213 e.